The van der Waals surface area contributed by atoms with Crippen LogP contribution in [0.15, 0.2) is 255 Å². The van der Waals surface area contributed by atoms with Crippen LogP contribution < -0.4 is 31.8 Å². The second kappa shape index (κ2) is 30.5. The average molecular weight is 1000 g/mol. The Hall–Kier alpha value is -5.65. The van der Waals surface area contributed by atoms with Crippen molar-refractivity contribution < 1.29 is 24.3 Å². The molecule has 0 fully saturated rings. The number of hydrogen-bond donors (Lipinski definition) is 0. The van der Waals surface area contributed by atoms with E-state index in [9.17, 15) is 0 Å². The van der Waals surface area contributed by atoms with Crippen LogP contribution in [-0.2, 0) is 43.5 Å². The fourth-order valence-electron chi connectivity index (χ4n) is 7.19. The van der Waals surface area contributed by atoms with Crippen molar-refractivity contribution in [2.24, 2.45) is 0 Å². The molecule has 0 unspecified atom stereocenters. The predicted octanol–water partition coefficient (Wildman–Crippen LogP) is 10.9. The number of nitrogens with zero attached hydrogens (tertiary/aromatic N) is 3. The van der Waals surface area contributed by atoms with Crippen LogP contribution in [0.5, 0.6) is 0 Å². The molecule has 331 valence electrons. The van der Waals surface area contributed by atoms with E-state index in [1.165, 1.54) is 48.9 Å². The molecule has 0 saturated heterocycles. The van der Waals surface area contributed by atoms with Crippen molar-refractivity contribution in [3.8, 4) is 0 Å². The van der Waals surface area contributed by atoms with Gasteiger partial charge in [-0.25, -0.2) is 0 Å². The molecule has 0 amide bonds. The van der Waals surface area contributed by atoms with Crippen LogP contribution in [0.25, 0.3) is 0 Å². The van der Waals surface area contributed by atoms with E-state index in [-0.39, 0.29) is 43.2 Å². The van der Waals surface area contributed by atoms with Crippen LogP contribution in [0.2, 0.25) is 0 Å². The Labute approximate surface area is 409 Å². The molecule has 3 aromatic heterocycles. The van der Waals surface area contributed by atoms with E-state index < -0.39 is 0 Å². The molecule has 3 radical (unpaired) electrons. The van der Waals surface area contributed by atoms with Gasteiger partial charge >= 0.3 is 0 Å². The molecule has 0 aliphatic rings. The van der Waals surface area contributed by atoms with Gasteiger partial charge in [0.25, 0.3) is 6.79 Å². The third-order valence-electron chi connectivity index (χ3n) is 10.4. The van der Waals surface area contributed by atoms with E-state index in [2.05, 4.69) is 240 Å². The Morgan fingerprint density at radius 1 is 0.273 bits per heavy atom. The van der Waals surface area contributed by atoms with E-state index in [4.69, 9.17) is 4.79 Å². The summed E-state index contributed by atoms with van der Waals surface area (Å²) in [6, 6.07) is 83.5. The van der Waals surface area contributed by atoms with Gasteiger partial charge in [-0.05, 0) is 130 Å². The summed E-state index contributed by atoms with van der Waals surface area (Å²) in [5, 5.41) is 8.64. The number of pyridine rings is 3. The number of aromatic nitrogens is 3. The van der Waals surface area contributed by atoms with Crippen molar-refractivity contribution in [3.05, 3.63) is 272 Å². The summed E-state index contributed by atoms with van der Waals surface area (Å²) in [7, 11) is -0.944. The second-order valence-corrected chi connectivity index (χ2v) is 21.7. The summed E-state index contributed by atoms with van der Waals surface area (Å²) < 4.78 is 0. The molecule has 66 heavy (non-hydrogen) atoms. The van der Waals surface area contributed by atoms with Crippen molar-refractivity contribution in [2.45, 2.75) is 19.3 Å². The number of aryl methyl sites for hydroxylation is 3. The molecule has 0 bridgehead atoms. The summed E-state index contributed by atoms with van der Waals surface area (Å²) in [4.78, 5) is 20.8. The molecule has 3 heterocycles. The van der Waals surface area contributed by atoms with E-state index in [0.717, 1.165) is 37.7 Å². The molecular formula is C58H54N3OP3Rh. The molecule has 8 heteroatoms. The maximum absolute atomic E-state index is 7.50. The molecule has 0 saturated carbocycles. The predicted molar refractivity (Wildman–Crippen MR) is 281 cm³/mol. The summed E-state index contributed by atoms with van der Waals surface area (Å²) in [6.45, 7) is 4.50. The third kappa shape index (κ3) is 17.3. The molecule has 9 rings (SSSR count). The van der Waals surface area contributed by atoms with Crippen LogP contribution in [0, 0.1) is 0 Å². The maximum atomic E-state index is 7.50. The first kappa shape index (κ1) is 51.3. The monoisotopic (exact) mass is 1000 g/mol. The van der Waals surface area contributed by atoms with Gasteiger partial charge in [-0.1, -0.05) is 200 Å². The summed E-state index contributed by atoms with van der Waals surface area (Å²) in [6.07, 6.45) is 12.1. The van der Waals surface area contributed by atoms with Crippen LogP contribution in [-0.4, -0.2) is 40.2 Å². The molecule has 0 atom stereocenters. The Balaban J connectivity index is 0.000000181. The minimum absolute atomic E-state index is 0. The Bertz CT molecular complexity index is 2160. The van der Waals surface area contributed by atoms with Crippen molar-refractivity contribution >= 4 is 62.4 Å². The van der Waals surface area contributed by atoms with E-state index in [0.29, 0.717) is 0 Å². The fraction of sp³-hybridized carbons (Fsp3) is 0.103. The second-order valence-electron chi connectivity index (χ2n) is 14.7. The van der Waals surface area contributed by atoms with Crippen molar-refractivity contribution in [2.75, 3.05) is 18.5 Å². The van der Waals surface area contributed by atoms with Crippen molar-refractivity contribution in [1.29, 1.82) is 0 Å². The number of carbonyl (C=O) groups excluding carboxylic acids is 1. The number of hydrogen-bond acceptors (Lipinski definition) is 4. The van der Waals surface area contributed by atoms with Gasteiger partial charge in [-0.2, -0.15) is 0 Å². The van der Waals surface area contributed by atoms with Gasteiger partial charge in [0.1, 0.15) is 0 Å². The number of benzene rings is 6. The quantitative estimate of drug-likeness (QED) is 0.0759. The van der Waals surface area contributed by atoms with Gasteiger partial charge in [0.05, 0.1) is 0 Å². The molecule has 4 nitrogen and oxygen atoms in total. The van der Waals surface area contributed by atoms with Gasteiger partial charge in [-0.15, -0.1) is 0 Å². The van der Waals surface area contributed by atoms with Crippen LogP contribution >= 0.6 is 23.8 Å². The van der Waals surface area contributed by atoms with Gasteiger partial charge in [0.15, 0.2) is 0 Å². The minimum atomic E-state index is -0.315. The van der Waals surface area contributed by atoms with Crippen molar-refractivity contribution in [3.63, 3.8) is 0 Å². The smallest absolute Gasteiger partial charge is 0.281 e. The first-order valence-electron chi connectivity index (χ1n) is 21.8. The van der Waals surface area contributed by atoms with E-state index in [1.807, 2.05) is 36.8 Å². The molecule has 0 aliphatic carbocycles. The fourth-order valence-corrected chi connectivity index (χ4v) is 14.2. The van der Waals surface area contributed by atoms with Crippen LogP contribution in [0.1, 0.15) is 17.1 Å². The van der Waals surface area contributed by atoms with Crippen LogP contribution in [0.4, 0.5) is 0 Å². The molecule has 0 N–H and O–H groups in total. The topological polar surface area (TPSA) is 55.7 Å². The SMILES string of the molecule is [C]=O.[Rh].c1ccc(P(CCc2ccccn2)c2ccccc2)cc1.c1ccc(P(CCc2ccccn2)c2ccccc2)cc1.c1ccc(P(CCc2ccccn2)c2ccccc2)cc1. The first-order chi connectivity index (χ1) is 32.3. The molecule has 9 aromatic rings. The normalized spacial score (nSPS) is 10.3. The minimum Gasteiger partial charge on any atom is -0.281 e. The van der Waals surface area contributed by atoms with E-state index in [1.54, 1.807) is 0 Å². The molecule has 0 spiro atoms. The molecule has 6 aromatic carbocycles. The van der Waals surface area contributed by atoms with Crippen LogP contribution in [0.3, 0.4) is 0 Å². The summed E-state index contributed by atoms with van der Waals surface area (Å²) in [5.41, 5.74) is 3.53. The van der Waals surface area contributed by atoms with Gasteiger partial charge < -0.3 is 0 Å². The van der Waals surface area contributed by atoms with Gasteiger partial charge in [-0.3, -0.25) is 19.7 Å². The maximum Gasteiger partial charge on any atom is 0.281 e. The number of rotatable bonds is 15. The van der Waals surface area contributed by atoms with E-state index >= 15 is 0 Å². The standard InChI is InChI=1S/3C19H18NP.CO.Rh/c3*1-3-10-18(11-4-1)21(19-12-5-2-6-13-19)16-14-17-9-7-8-15-20-17;1-2;/h3*1-13,15H,14,16H2;;. The largest absolute Gasteiger partial charge is 0.281 e. The first-order valence-corrected chi connectivity index (χ1v) is 26.4. The zero-order valence-electron chi connectivity index (χ0n) is 36.9. The third-order valence-corrected chi connectivity index (χ3v) is 17.9. The molecular weight excluding hydrogens is 950 g/mol. The average Bonchev–Trinajstić information content (AvgIpc) is 3.40. The summed E-state index contributed by atoms with van der Waals surface area (Å²) in [5.74, 6) is 0. The Morgan fingerprint density at radius 2 is 0.455 bits per heavy atom. The van der Waals surface area contributed by atoms with Gasteiger partial charge in [0, 0.05) is 55.2 Å². The van der Waals surface area contributed by atoms with Crippen molar-refractivity contribution in [1.82, 2.24) is 15.0 Å². The Morgan fingerprint density at radius 3 is 0.621 bits per heavy atom. The molecule has 0 aliphatic heterocycles. The van der Waals surface area contributed by atoms with Gasteiger partial charge in [0.2, 0.25) is 0 Å². The zero-order valence-corrected chi connectivity index (χ0v) is 41.2. The zero-order chi connectivity index (χ0) is 45.0. The Kier molecular flexibility index (Phi) is 23.8. The summed E-state index contributed by atoms with van der Waals surface area (Å²) >= 11 is 0.